The standard InChI is InChI=1S/C30H32N2O7/c1-19-11-13-25(38-19)28(29(33)31-21-7-3-2-4-8-21)32(16-20-12-14-23-26(15-20)37-18-36-23)30(34)27-17-35-22-9-5-6-10-24(22)39-27/h5-6,9-15,21,27-28H,2-4,7-8,16-18H2,1H3,(H,31,33)/t27-,28-/m0/s1. The van der Waals surface area contributed by atoms with Gasteiger partial charge in [-0.1, -0.05) is 37.5 Å². The maximum atomic E-state index is 14.2. The van der Waals surface area contributed by atoms with E-state index >= 15 is 0 Å². The van der Waals surface area contributed by atoms with Gasteiger partial charge in [0, 0.05) is 12.6 Å². The van der Waals surface area contributed by atoms with Gasteiger partial charge in [-0.05, 0) is 61.7 Å². The molecule has 0 saturated heterocycles. The number of rotatable bonds is 7. The Balaban J connectivity index is 1.35. The minimum absolute atomic E-state index is 0.0294. The highest BCUT2D eigenvalue weighted by Gasteiger charge is 2.40. The summed E-state index contributed by atoms with van der Waals surface area (Å²) in [6.45, 7) is 2.12. The summed E-state index contributed by atoms with van der Waals surface area (Å²) in [4.78, 5) is 29.7. The number of hydrogen-bond donors (Lipinski definition) is 1. The van der Waals surface area contributed by atoms with E-state index in [9.17, 15) is 9.59 Å². The molecule has 9 nitrogen and oxygen atoms in total. The largest absolute Gasteiger partial charge is 0.485 e. The van der Waals surface area contributed by atoms with Crippen LogP contribution in [0.2, 0.25) is 0 Å². The number of benzene rings is 2. The van der Waals surface area contributed by atoms with Gasteiger partial charge in [-0.3, -0.25) is 9.59 Å². The van der Waals surface area contributed by atoms with Crippen LogP contribution in [-0.4, -0.2) is 42.3 Å². The Labute approximate surface area is 227 Å². The normalized spacial score (nSPS) is 18.8. The predicted octanol–water partition coefficient (Wildman–Crippen LogP) is 4.68. The van der Waals surface area contributed by atoms with Crippen molar-refractivity contribution >= 4 is 11.8 Å². The van der Waals surface area contributed by atoms with Gasteiger partial charge in [0.25, 0.3) is 11.8 Å². The molecular formula is C30H32N2O7. The minimum atomic E-state index is -1.00. The molecule has 0 spiro atoms. The SMILES string of the molecule is Cc1ccc([C@@H](C(=O)NC2CCCCC2)N(Cc2ccc3c(c2)OCO3)C(=O)[C@@H]2COc3ccccc3O2)o1. The fraction of sp³-hybridized carbons (Fsp3) is 0.400. The Hall–Kier alpha value is -4.14. The fourth-order valence-corrected chi connectivity index (χ4v) is 5.41. The van der Waals surface area contributed by atoms with Crippen LogP contribution in [0.15, 0.2) is 59.0 Å². The number of aryl methyl sites for hydroxylation is 1. The number of nitrogens with zero attached hydrogens (tertiary/aromatic N) is 1. The van der Waals surface area contributed by atoms with Gasteiger partial charge in [-0.2, -0.15) is 0 Å². The van der Waals surface area contributed by atoms with Crippen molar-refractivity contribution in [2.75, 3.05) is 13.4 Å². The van der Waals surface area contributed by atoms with E-state index in [2.05, 4.69) is 5.32 Å². The molecule has 3 heterocycles. The van der Waals surface area contributed by atoms with Gasteiger partial charge < -0.3 is 33.6 Å². The predicted molar refractivity (Wildman–Crippen MR) is 141 cm³/mol. The number of carbonyl (C=O) groups is 2. The molecule has 3 aliphatic rings. The van der Waals surface area contributed by atoms with E-state index in [1.165, 1.54) is 11.3 Å². The number of amides is 2. The molecule has 1 fully saturated rings. The summed E-state index contributed by atoms with van der Waals surface area (Å²) in [6, 6.07) is 15.4. The van der Waals surface area contributed by atoms with Crippen LogP contribution in [-0.2, 0) is 16.1 Å². The van der Waals surface area contributed by atoms with Crippen molar-refractivity contribution in [2.24, 2.45) is 0 Å². The van der Waals surface area contributed by atoms with E-state index in [-0.39, 0.29) is 37.8 Å². The van der Waals surface area contributed by atoms with Crippen molar-refractivity contribution in [3.05, 3.63) is 71.7 Å². The third-order valence-corrected chi connectivity index (χ3v) is 7.40. The average molecular weight is 533 g/mol. The monoisotopic (exact) mass is 532 g/mol. The highest BCUT2D eigenvalue weighted by atomic mass is 16.7. The Morgan fingerprint density at radius 3 is 2.49 bits per heavy atom. The first-order chi connectivity index (χ1) is 19.0. The summed E-state index contributed by atoms with van der Waals surface area (Å²) in [5.74, 6) is 2.71. The van der Waals surface area contributed by atoms with E-state index in [0.717, 1.165) is 31.2 Å². The molecule has 204 valence electrons. The highest BCUT2D eigenvalue weighted by Crippen LogP contribution is 2.36. The Morgan fingerprint density at radius 2 is 1.69 bits per heavy atom. The van der Waals surface area contributed by atoms with Crippen LogP contribution in [0, 0.1) is 6.92 Å². The highest BCUT2D eigenvalue weighted by molar-refractivity contribution is 5.90. The van der Waals surface area contributed by atoms with E-state index in [0.29, 0.717) is 34.5 Å². The Kier molecular flexibility index (Phi) is 7.04. The van der Waals surface area contributed by atoms with Gasteiger partial charge in [-0.25, -0.2) is 0 Å². The summed E-state index contributed by atoms with van der Waals surface area (Å²) >= 11 is 0. The van der Waals surface area contributed by atoms with Gasteiger partial charge in [0.05, 0.1) is 0 Å². The topological polar surface area (TPSA) is 99.5 Å². The average Bonchev–Trinajstić information content (AvgIpc) is 3.61. The van der Waals surface area contributed by atoms with Gasteiger partial charge in [0.2, 0.25) is 12.9 Å². The second kappa shape index (κ2) is 10.9. The Bertz CT molecular complexity index is 1350. The van der Waals surface area contributed by atoms with Gasteiger partial charge in [-0.15, -0.1) is 0 Å². The summed E-state index contributed by atoms with van der Waals surface area (Å²) in [6.07, 6.45) is 4.21. The Morgan fingerprint density at radius 1 is 0.923 bits per heavy atom. The molecule has 2 aromatic carbocycles. The quantitative estimate of drug-likeness (QED) is 0.472. The van der Waals surface area contributed by atoms with Gasteiger partial charge in [0.1, 0.15) is 18.1 Å². The van der Waals surface area contributed by atoms with Gasteiger partial charge in [0.15, 0.2) is 29.0 Å². The second-order valence-corrected chi connectivity index (χ2v) is 10.2. The molecule has 0 radical (unpaired) electrons. The summed E-state index contributed by atoms with van der Waals surface area (Å²) in [5, 5.41) is 3.20. The lowest BCUT2D eigenvalue weighted by atomic mass is 9.95. The molecule has 1 saturated carbocycles. The number of carbonyl (C=O) groups excluding carboxylic acids is 2. The summed E-state index contributed by atoms with van der Waals surface area (Å²) < 4.78 is 28.9. The lowest BCUT2D eigenvalue weighted by molar-refractivity contribution is -0.150. The first-order valence-corrected chi connectivity index (χ1v) is 13.5. The number of para-hydroxylation sites is 2. The zero-order valence-corrected chi connectivity index (χ0v) is 21.9. The zero-order chi connectivity index (χ0) is 26.8. The number of fused-ring (bicyclic) bond motifs is 2. The molecule has 1 aliphatic carbocycles. The molecule has 0 unspecified atom stereocenters. The molecule has 3 aromatic rings. The lowest BCUT2D eigenvalue weighted by Gasteiger charge is -2.35. The number of hydrogen-bond acceptors (Lipinski definition) is 7. The molecule has 6 rings (SSSR count). The van der Waals surface area contributed by atoms with Crippen molar-refractivity contribution in [3.63, 3.8) is 0 Å². The van der Waals surface area contributed by atoms with Crippen LogP contribution in [0.25, 0.3) is 0 Å². The van der Waals surface area contributed by atoms with Crippen molar-refractivity contribution < 1.29 is 33.0 Å². The van der Waals surface area contributed by atoms with Crippen molar-refractivity contribution in [1.29, 1.82) is 0 Å². The molecule has 1 aromatic heterocycles. The van der Waals surface area contributed by atoms with E-state index in [1.54, 1.807) is 24.3 Å². The van der Waals surface area contributed by atoms with Crippen LogP contribution in [0.5, 0.6) is 23.0 Å². The fourth-order valence-electron chi connectivity index (χ4n) is 5.41. The molecule has 0 bridgehead atoms. The number of ether oxygens (including phenoxy) is 4. The second-order valence-electron chi connectivity index (χ2n) is 10.2. The molecule has 9 heteroatoms. The first-order valence-electron chi connectivity index (χ1n) is 13.5. The maximum Gasteiger partial charge on any atom is 0.268 e. The third kappa shape index (κ3) is 5.39. The van der Waals surface area contributed by atoms with E-state index < -0.39 is 12.1 Å². The smallest absolute Gasteiger partial charge is 0.268 e. The lowest BCUT2D eigenvalue weighted by Crippen LogP contribution is -2.52. The van der Waals surface area contributed by atoms with E-state index in [1.807, 2.05) is 37.3 Å². The van der Waals surface area contributed by atoms with Crippen LogP contribution < -0.4 is 24.3 Å². The van der Waals surface area contributed by atoms with Crippen LogP contribution in [0.4, 0.5) is 0 Å². The summed E-state index contributed by atoms with van der Waals surface area (Å²) in [7, 11) is 0. The number of nitrogens with one attached hydrogen (secondary N) is 1. The third-order valence-electron chi connectivity index (χ3n) is 7.40. The molecule has 2 aliphatic heterocycles. The molecule has 2 atom stereocenters. The molecule has 39 heavy (non-hydrogen) atoms. The van der Waals surface area contributed by atoms with Crippen molar-refractivity contribution in [2.45, 2.75) is 63.8 Å². The summed E-state index contributed by atoms with van der Waals surface area (Å²) in [5.41, 5.74) is 0.781. The first kappa shape index (κ1) is 25.2. The molecule has 1 N–H and O–H groups in total. The van der Waals surface area contributed by atoms with Crippen LogP contribution >= 0.6 is 0 Å². The molecule has 2 amide bonds. The van der Waals surface area contributed by atoms with Gasteiger partial charge >= 0.3 is 0 Å². The maximum absolute atomic E-state index is 14.2. The van der Waals surface area contributed by atoms with Crippen LogP contribution in [0.1, 0.15) is 55.2 Å². The van der Waals surface area contributed by atoms with E-state index in [4.69, 9.17) is 23.4 Å². The van der Waals surface area contributed by atoms with Crippen molar-refractivity contribution in [3.8, 4) is 23.0 Å². The minimum Gasteiger partial charge on any atom is -0.485 e. The zero-order valence-electron chi connectivity index (χ0n) is 21.9. The molecular weight excluding hydrogens is 500 g/mol. The van der Waals surface area contributed by atoms with Crippen molar-refractivity contribution in [1.82, 2.24) is 10.2 Å². The van der Waals surface area contributed by atoms with Crippen LogP contribution in [0.3, 0.4) is 0 Å². The number of furan rings is 1.